The van der Waals surface area contributed by atoms with Gasteiger partial charge >= 0.3 is 5.97 Å². The van der Waals surface area contributed by atoms with Gasteiger partial charge in [0.15, 0.2) is 0 Å². The first-order chi connectivity index (χ1) is 8.09. The van der Waals surface area contributed by atoms with Crippen molar-refractivity contribution in [2.24, 2.45) is 0 Å². The zero-order chi connectivity index (χ0) is 12.7. The Hall–Kier alpha value is -1.63. The van der Waals surface area contributed by atoms with Crippen molar-refractivity contribution in [1.82, 2.24) is 10.3 Å². The number of aromatic nitrogens is 1. The minimum absolute atomic E-state index is 0.00259. The molecule has 17 heavy (non-hydrogen) atoms. The van der Waals surface area contributed by atoms with Crippen LogP contribution in [0.1, 0.15) is 10.4 Å². The second-order valence-electron chi connectivity index (χ2n) is 3.09. The van der Waals surface area contributed by atoms with Crippen molar-refractivity contribution in [1.29, 1.82) is 0 Å². The van der Waals surface area contributed by atoms with Crippen LogP contribution in [-0.4, -0.2) is 40.0 Å². The van der Waals surface area contributed by atoms with Crippen molar-refractivity contribution in [2.45, 2.75) is 0 Å². The lowest BCUT2D eigenvalue weighted by atomic mass is 10.2. The molecule has 0 fully saturated rings. The highest BCUT2D eigenvalue weighted by Gasteiger charge is 2.06. The smallest absolute Gasteiger partial charge is 0.313 e. The summed E-state index contributed by atoms with van der Waals surface area (Å²) in [7, 11) is 0. The number of rotatable bonds is 6. The van der Waals surface area contributed by atoms with Crippen LogP contribution in [0.4, 0.5) is 4.39 Å². The summed E-state index contributed by atoms with van der Waals surface area (Å²) in [5, 5.41) is 10.9. The number of nitrogens with one attached hydrogen (secondary N) is 1. The molecule has 1 aromatic rings. The molecule has 2 N–H and O–H groups in total. The van der Waals surface area contributed by atoms with E-state index < -0.39 is 17.7 Å². The van der Waals surface area contributed by atoms with Crippen molar-refractivity contribution >= 4 is 23.6 Å². The zero-order valence-electron chi connectivity index (χ0n) is 8.85. The summed E-state index contributed by atoms with van der Waals surface area (Å²) in [4.78, 5) is 25.2. The van der Waals surface area contributed by atoms with Crippen LogP contribution in [0.3, 0.4) is 0 Å². The minimum Gasteiger partial charge on any atom is -0.481 e. The Kier molecular flexibility index (Phi) is 5.41. The molecule has 0 aliphatic heterocycles. The van der Waals surface area contributed by atoms with Gasteiger partial charge in [0, 0.05) is 18.5 Å². The molecule has 0 bridgehead atoms. The number of carboxylic acids is 1. The number of hydrogen-bond donors (Lipinski definition) is 2. The molecule has 92 valence electrons. The first-order valence-corrected chi connectivity index (χ1v) is 5.93. The van der Waals surface area contributed by atoms with Gasteiger partial charge in [-0.25, -0.2) is 4.39 Å². The van der Waals surface area contributed by atoms with E-state index in [1.54, 1.807) is 0 Å². The van der Waals surface area contributed by atoms with E-state index in [-0.39, 0.29) is 11.3 Å². The Morgan fingerprint density at radius 1 is 1.47 bits per heavy atom. The molecule has 0 aliphatic carbocycles. The zero-order valence-corrected chi connectivity index (χ0v) is 9.67. The number of carbonyl (C=O) groups is 2. The van der Waals surface area contributed by atoms with Crippen molar-refractivity contribution < 1.29 is 19.1 Å². The number of pyridine rings is 1. The molecule has 1 rings (SSSR count). The fourth-order valence-corrected chi connectivity index (χ4v) is 1.60. The first-order valence-electron chi connectivity index (χ1n) is 4.78. The Labute approximate surface area is 101 Å². The van der Waals surface area contributed by atoms with E-state index in [4.69, 9.17) is 5.11 Å². The molecule has 0 saturated carbocycles. The monoisotopic (exact) mass is 258 g/mol. The molecule has 0 aromatic carbocycles. The van der Waals surface area contributed by atoms with E-state index in [0.29, 0.717) is 12.3 Å². The Bertz CT molecular complexity index is 414. The second kappa shape index (κ2) is 6.85. The van der Waals surface area contributed by atoms with Crippen LogP contribution < -0.4 is 5.32 Å². The summed E-state index contributed by atoms with van der Waals surface area (Å²) < 4.78 is 12.7. The van der Waals surface area contributed by atoms with Crippen LogP contribution >= 0.6 is 11.8 Å². The number of thioether (sulfide) groups is 1. The second-order valence-corrected chi connectivity index (χ2v) is 4.20. The topological polar surface area (TPSA) is 79.3 Å². The highest BCUT2D eigenvalue weighted by Crippen LogP contribution is 2.01. The fraction of sp³-hybridized carbons (Fsp3) is 0.300. The molecule has 0 unspecified atom stereocenters. The van der Waals surface area contributed by atoms with E-state index in [9.17, 15) is 14.0 Å². The third-order valence-corrected chi connectivity index (χ3v) is 2.67. The van der Waals surface area contributed by atoms with E-state index in [1.165, 1.54) is 18.0 Å². The highest BCUT2D eigenvalue weighted by molar-refractivity contribution is 7.99. The molecule has 1 amide bonds. The lowest BCUT2D eigenvalue weighted by Crippen LogP contribution is -2.26. The lowest BCUT2D eigenvalue weighted by Gasteiger charge is -2.04. The van der Waals surface area contributed by atoms with Crippen LogP contribution in [0.25, 0.3) is 0 Å². The van der Waals surface area contributed by atoms with Gasteiger partial charge in [-0.3, -0.25) is 14.6 Å². The van der Waals surface area contributed by atoms with Crippen molar-refractivity contribution in [3.8, 4) is 0 Å². The summed E-state index contributed by atoms with van der Waals surface area (Å²) in [6.45, 7) is 0.327. The maximum atomic E-state index is 12.7. The van der Waals surface area contributed by atoms with Crippen molar-refractivity contribution in [3.05, 3.63) is 29.8 Å². The Balaban J connectivity index is 2.28. The molecule has 0 aliphatic rings. The van der Waals surface area contributed by atoms with Crippen LogP contribution in [0.2, 0.25) is 0 Å². The summed E-state index contributed by atoms with van der Waals surface area (Å²) in [5.74, 6) is -1.40. The molecule has 0 saturated heterocycles. The summed E-state index contributed by atoms with van der Waals surface area (Å²) in [6, 6.07) is 1.09. The average Bonchev–Trinajstić information content (AvgIpc) is 2.28. The lowest BCUT2D eigenvalue weighted by molar-refractivity contribution is -0.133. The summed E-state index contributed by atoms with van der Waals surface area (Å²) >= 11 is 1.20. The van der Waals surface area contributed by atoms with Gasteiger partial charge in [-0.2, -0.15) is 0 Å². The van der Waals surface area contributed by atoms with E-state index >= 15 is 0 Å². The number of nitrogens with zero attached hydrogens (tertiary/aromatic N) is 1. The average molecular weight is 258 g/mol. The van der Waals surface area contributed by atoms with E-state index in [1.807, 2.05) is 0 Å². The van der Waals surface area contributed by atoms with Gasteiger partial charge in [-0.05, 0) is 6.07 Å². The predicted molar refractivity (Wildman–Crippen MR) is 61.5 cm³/mol. The number of carboxylic acid groups (broad SMARTS) is 1. The van der Waals surface area contributed by atoms with Crippen LogP contribution in [0, 0.1) is 5.82 Å². The predicted octanol–water partition coefficient (Wildman–Crippen LogP) is 0.768. The van der Waals surface area contributed by atoms with Crippen LogP contribution in [-0.2, 0) is 4.79 Å². The quantitative estimate of drug-likeness (QED) is 0.737. The molecular formula is C10H11FN2O3S. The number of aliphatic carboxylic acids is 1. The molecule has 1 aromatic heterocycles. The van der Waals surface area contributed by atoms with Gasteiger partial charge in [-0.1, -0.05) is 0 Å². The Morgan fingerprint density at radius 2 is 2.24 bits per heavy atom. The minimum atomic E-state index is -0.893. The van der Waals surface area contributed by atoms with Gasteiger partial charge in [0.2, 0.25) is 0 Å². The third kappa shape index (κ3) is 5.30. The SMILES string of the molecule is O=C(O)CSCCNC(=O)c1cncc(F)c1. The number of hydrogen-bond acceptors (Lipinski definition) is 4. The van der Waals surface area contributed by atoms with Crippen molar-refractivity contribution in [3.63, 3.8) is 0 Å². The largest absolute Gasteiger partial charge is 0.481 e. The van der Waals surface area contributed by atoms with Gasteiger partial charge in [0.05, 0.1) is 17.5 Å². The Morgan fingerprint density at radius 3 is 2.88 bits per heavy atom. The molecule has 5 nitrogen and oxygen atoms in total. The third-order valence-electron chi connectivity index (χ3n) is 1.72. The molecule has 0 atom stereocenters. The first kappa shape index (κ1) is 13.4. The number of halogens is 1. The summed E-state index contributed by atoms with van der Waals surface area (Å²) in [6.07, 6.45) is 2.28. The normalized spacial score (nSPS) is 9.94. The molecule has 0 radical (unpaired) electrons. The highest BCUT2D eigenvalue weighted by atomic mass is 32.2. The van der Waals surface area contributed by atoms with Crippen LogP contribution in [0.5, 0.6) is 0 Å². The van der Waals surface area contributed by atoms with E-state index in [0.717, 1.165) is 12.3 Å². The van der Waals surface area contributed by atoms with E-state index in [2.05, 4.69) is 10.3 Å². The molecular weight excluding hydrogens is 247 g/mol. The van der Waals surface area contributed by atoms with Crippen LogP contribution in [0.15, 0.2) is 18.5 Å². The fourth-order valence-electron chi connectivity index (χ4n) is 1.03. The maximum absolute atomic E-state index is 12.7. The van der Waals surface area contributed by atoms with Gasteiger partial charge in [-0.15, -0.1) is 11.8 Å². The molecule has 1 heterocycles. The standard InChI is InChI=1S/C10H11FN2O3S/c11-8-3-7(4-12-5-8)10(16)13-1-2-17-6-9(14)15/h3-5H,1-2,6H2,(H,13,16)(H,14,15). The van der Waals surface area contributed by atoms with Crippen molar-refractivity contribution in [2.75, 3.05) is 18.1 Å². The molecule has 7 heteroatoms. The molecule has 0 spiro atoms. The number of amides is 1. The maximum Gasteiger partial charge on any atom is 0.313 e. The number of carbonyl (C=O) groups excluding carboxylic acids is 1. The van der Waals surface area contributed by atoms with Gasteiger partial charge in [0.25, 0.3) is 5.91 Å². The van der Waals surface area contributed by atoms with Gasteiger partial charge < -0.3 is 10.4 Å². The van der Waals surface area contributed by atoms with Gasteiger partial charge in [0.1, 0.15) is 5.82 Å². The summed E-state index contributed by atoms with van der Waals surface area (Å²) in [5.41, 5.74) is 0.147.